The Balaban J connectivity index is 1.56. The van der Waals surface area contributed by atoms with E-state index in [0.717, 1.165) is 39.0 Å². The Hall–Kier alpha value is -1.55. The van der Waals surface area contributed by atoms with Crippen molar-refractivity contribution in [3.8, 4) is 0 Å². The molecule has 2 heterocycles. The second-order valence-corrected chi connectivity index (χ2v) is 6.19. The van der Waals surface area contributed by atoms with Crippen LogP contribution in [0.5, 0.6) is 0 Å². The molecule has 1 amide bonds. The average Bonchev–Trinajstić information content (AvgIpc) is 2.55. The van der Waals surface area contributed by atoms with Crippen molar-refractivity contribution in [3.63, 3.8) is 0 Å². The van der Waals surface area contributed by atoms with Crippen LogP contribution in [0.4, 0.5) is 5.69 Å². The number of carbonyl (C=O) groups is 1. The fourth-order valence-electron chi connectivity index (χ4n) is 3.30. The van der Waals surface area contributed by atoms with E-state index in [1.165, 1.54) is 11.3 Å². The molecule has 1 fully saturated rings. The third kappa shape index (κ3) is 3.38. The van der Waals surface area contributed by atoms with Gasteiger partial charge in [-0.2, -0.15) is 0 Å². The first kappa shape index (κ1) is 14.4. The van der Waals surface area contributed by atoms with Gasteiger partial charge in [0.15, 0.2) is 0 Å². The molecular formula is C17H24N2O2. The van der Waals surface area contributed by atoms with Gasteiger partial charge in [-0.15, -0.1) is 0 Å². The summed E-state index contributed by atoms with van der Waals surface area (Å²) in [5, 5.41) is 6.58. The molecule has 0 bridgehead atoms. The highest BCUT2D eigenvalue weighted by atomic mass is 16.5. The summed E-state index contributed by atoms with van der Waals surface area (Å²) < 4.78 is 5.39. The van der Waals surface area contributed by atoms with Gasteiger partial charge in [-0.3, -0.25) is 4.79 Å². The number of benzene rings is 1. The van der Waals surface area contributed by atoms with Gasteiger partial charge >= 0.3 is 0 Å². The molecule has 4 nitrogen and oxygen atoms in total. The zero-order valence-corrected chi connectivity index (χ0v) is 12.6. The minimum absolute atomic E-state index is 0.0298. The molecule has 3 rings (SSSR count). The second-order valence-electron chi connectivity index (χ2n) is 6.19. The first-order chi connectivity index (χ1) is 10.2. The molecule has 4 heteroatoms. The number of hydrogen-bond donors (Lipinski definition) is 2. The van der Waals surface area contributed by atoms with Crippen LogP contribution in [0.2, 0.25) is 0 Å². The quantitative estimate of drug-likeness (QED) is 0.896. The van der Waals surface area contributed by atoms with Crippen LogP contribution >= 0.6 is 0 Å². The van der Waals surface area contributed by atoms with Crippen molar-refractivity contribution in [2.75, 3.05) is 25.1 Å². The monoisotopic (exact) mass is 288 g/mol. The van der Waals surface area contributed by atoms with Gasteiger partial charge in [0.25, 0.3) is 0 Å². The second kappa shape index (κ2) is 6.48. The average molecular weight is 288 g/mol. The minimum Gasteiger partial charge on any atom is -0.384 e. The molecule has 2 atom stereocenters. The molecule has 2 N–H and O–H groups in total. The summed E-state index contributed by atoms with van der Waals surface area (Å²) in [5.74, 6) is 0.754. The smallest absolute Gasteiger partial charge is 0.225 e. The number of nitrogens with one attached hydrogen (secondary N) is 2. The molecular weight excluding hydrogens is 264 g/mol. The molecule has 2 aliphatic heterocycles. The fraction of sp³-hybridized carbons (Fsp3) is 0.588. The summed E-state index contributed by atoms with van der Waals surface area (Å²) in [7, 11) is 0. The summed E-state index contributed by atoms with van der Waals surface area (Å²) >= 11 is 0. The molecule has 1 aromatic rings. The van der Waals surface area contributed by atoms with Gasteiger partial charge in [-0.05, 0) is 43.7 Å². The number of hydrogen-bond acceptors (Lipinski definition) is 3. The van der Waals surface area contributed by atoms with Crippen LogP contribution in [0.25, 0.3) is 0 Å². The Labute approximate surface area is 126 Å². The minimum atomic E-state index is 0.0298. The molecule has 1 saturated heterocycles. The standard InChI is InChI=1S/C17H24N2O2/c1-12(13-6-8-21-9-7-13)19-17(20)15-10-14-4-2-3-5-16(14)18-11-15/h2-5,12-13,15,18H,6-11H2,1H3,(H,19,20). The summed E-state index contributed by atoms with van der Waals surface area (Å²) in [6, 6.07) is 8.47. The Bertz CT molecular complexity index is 497. The van der Waals surface area contributed by atoms with E-state index in [-0.39, 0.29) is 17.9 Å². The van der Waals surface area contributed by atoms with E-state index in [0.29, 0.717) is 5.92 Å². The molecule has 21 heavy (non-hydrogen) atoms. The molecule has 1 aromatic carbocycles. The van der Waals surface area contributed by atoms with Crippen molar-refractivity contribution in [1.82, 2.24) is 5.32 Å². The van der Waals surface area contributed by atoms with E-state index >= 15 is 0 Å². The van der Waals surface area contributed by atoms with Crippen molar-refractivity contribution in [2.24, 2.45) is 11.8 Å². The third-order valence-electron chi connectivity index (χ3n) is 4.74. The predicted molar refractivity (Wildman–Crippen MR) is 83.3 cm³/mol. The number of amides is 1. The first-order valence-electron chi connectivity index (χ1n) is 7.94. The van der Waals surface area contributed by atoms with E-state index in [2.05, 4.69) is 29.7 Å². The van der Waals surface area contributed by atoms with E-state index in [4.69, 9.17) is 4.74 Å². The lowest BCUT2D eigenvalue weighted by Crippen LogP contribution is -2.45. The van der Waals surface area contributed by atoms with Gasteiger partial charge < -0.3 is 15.4 Å². The van der Waals surface area contributed by atoms with Gasteiger partial charge in [0, 0.05) is 31.5 Å². The van der Waals surface area contributed by atoms with Crippen molar-refractivity contribution in [3.05, 3.63) is 29.8 Å². The molecule has 0 aliphatic carbocycles. The summed E-state index contributed by atoms with van der Waals surface area (Å²) in [6.45, 7) is 4.49. The van der Waals surface area contributed by atoms with Gasteiger partial charge in [0.1, 0.15) is 0 Å². The number of anilines is 1. The highest BCUT2D eigenvalue weighted by Crippen LogP contribution is 2.25. The van der Waals surface area contributed by atoms with Crippen molar-refractivity contribution >= 4 is 11.6 Å². The lowest BCUT2D eigenvalue weighted by atomic mass is 9.90. The maximum atomic E-state index is 12.5. The highest BCUT2D eigenvalue weighted by molar-refractivity contribution is 5.81. The molecule has 0 spiro atoms. The van der Waals surface area contributed by atoms with Gasteiger partial charge in [0.2, 0.25) is 5.91 Å². The van der Waals surface area contributed by atoms with Crippen LogP contribution < -0.4 is 10.6 Å². The molecule has 2 unspecified atom stereocenters. The van der Waals surface area contributed by atoms with Crippen LogP contribution in [0.3, 0.4) is 0 Å². The Morgan fingerprint density at radius 1 is 1.33 bits per heavy atom. The summed E-state index contributed by atoms with van der Waals surface area (Å²) in [5.41, 5.74) is 2.40. The third-order valence-corrected chi connectivity index (χ3v) is 4.74. The van der Waals surface area contributed by atoms with Crippen LogP contribution in [0.15, 0.2) is 24.3 Å². The number of para-hydroxylation sites is 1. The fourth-order valence-corrected chi connectivity index (χ4v) is 3.30. The highest BCUT2D eigenvalue weighted by Gasteiger charge is 2.27. The molecule has 0 radical (unpaired) electrons. The van der Waals surface area contributed by atoms with E-state index in [1.54, 1.807) is 0 Å². The zero-order valence-electron chi connectivity index (χ0n) is 12.6. The zero-order chi connectivity index (χ0) is 14.7. The first-order valence-corrected chi connectivity index (χ1v) is 7.94. The van der Waals surface area contributed by atoms with Crippen LogP contribution in [-0.4, -0.2) is 31.7 Å². The predicted octanol–water partition coefficient (Wildman–Crippen LogP) is 2.20. The summed E-state index contributed by atoms with van der Waals surface area (Å²) in [4.78, 5) is 12.5. The van der Waals surface area contributed by atoms with Gasteiger partial charge in [-0.1, -0.05) is 18.2 Å². The van der Waals surface area contributed by atoms with E-state index in [1.807, 2.05) is 12.1 Å². The SMILES string of the molecule is CC(NC(=O)C1CNc2ccccc2C1)C1CCOCC1. The molecule has 0 aromatic heterocycles. The normalized spacial score (nSPS) is 23.8. The van der Waals surface area contributed by atoms with Crippen LogP contribution in [-0.2, 0) is 16.0 Å². The Morgan fingerprint density at radius 2 is 2.10 bits per heavy atom. The van der Waals surface area contributed by atoms with Crippen molar-refractivity contribution < 1.29 is 9.53 Å². The lowest BCUT2D eigenvalue weighted by Gasteiger charge is -2.31. The van der Waals surface area contributed by atoms with Crippen molar-refractivity contribution in [2.45, 2.75) is 32.2 Å². The number of carbonyl (C=O) groups excluding carboxylic acids is 1. The number of ether oxygens (including phenoxy) is 1. The van der Waals surface area contributed by atoms with E-state index < -0.39 is 0 Å². The number of rotatable bonds is 3. The lowest BCUT2D eigenvalue weighted by molar-refractivity contribution is -0.125. The molecule has 2 aliphatic rings. The topological polar surface area (TPSA) is 50.4 Å². The van der Waals surface area contributed by atoms with Gasteiger partial charge in [-0.25, -0.2) is 0 Å². The van der Waals surface area contributed by atoms with Crippen LogP contribution in [0, 0.1) is 11.8 Å². The Kier molecular flexibility index (Phi) is 4.44. The van der Waals surface area contributed by atoms with Crippen molar-refractivity contribution in [1.29, 1.82) is 0 Å². The largest absolute Gasteiger partial charge is 0.384 e. The number of fused-ring (bicyclic) bond motifs is 1. The molecule has 0 saturated carbocycles. The van der Waals surface area contributed by atoms with E-state index in [9.17, 15) is 4.79 Å². The summed E-state index contributed by atoms with van der Waals surface area (Å²) in [6.07, 6.45) is 2.93. The maximum absolute atomic E-state index is 12.5. The maximum Gasteiger partial charge on any atom is 0.225 e. The Morgan fingerprint density at radius 3 is 2.90 bits per heavy atom. The molecule has 114 valence electrons. The van der Waals surface area contributed by atoms with Crippen LogP contribution in [0.1, 0.15) is 25.3 Å². The van der Waals surface area contributed by atoms with Gasteiger partial charge in [0.05, 0.1) is 5.92 Å².